The highest BCUT2D eigenvalue weighted by molar-refractivity contribution is 7.99. The molecule has 1 heterocycles. The number of ketones is 1. The Hall–Kier alpha value is -1.09. The van der Waals surface area contributed by atoms with Gasteiger partial charge < -0.3 is 0 Å². The summed E-state index contributed by atoms with van der Waals surface area (Å²) in [6.07, 6.45) is 4.19. The summed E-state index contributed by atoms with van der Waals surface area (Å²) < 4.78 is 0. The second kappa shape index (κ2) is 6.40. The normalized spacial score (nSPS) is 9.93. The number of thioether (sulfide) groups is 1. The van der Waals surface area contributed by atoms with Crippen LogP contribution in [0.2, 0.25) is 0 Å². The van der Waals surface area contributed by atoms with Gasteiger partial charge in [-0.3, -0.25) is 9.78 Å². The summed E-state index contributed by atoms with van der Waals surface area (Å²) in [6, 6.07) is 3.91. The zero-order valence-corrected chi connectivity index (χ0v) is 9.72. The summed E-state index contributed by atoms with van der Waals surface area (Å²) >= 11 is 1.61. The topological polar surface area (TPSA) is 30.0 Å². The van der Waals surface area contributed by atoms with E-state index in [1.807, 2.05) is 19.1 Å². The summed E-state index contributed by atoms with van der Waals surface area (Å²) in [5.41, 5.74) is 2.07. The number of Topliss-reactive ketones (excluding diaryl/α,β-unsaturated/α-hetero) is 1. The van der Waals surface area contributed by atoms with E-state index in [0.29, 0.717) is 18.0 Å². The maximum atomic E-state index is 11.1. The molecule has 1 rings (SSSR count). The molecule has 80 valence electrons. The van der Waals surface area contributed by atoms with Crippen molar-refractivity contribution in [3.8, 4) is 0 Å². The maximum absolute atomic E-state index is 11.1. The molecule has 0 radical (unpaired) electrons. The SMILES string of the molecule is C=Cc1ccnc(CSCC(=O)CC)c1. The fraction of sp³-hybridized carbons (Fsp3) is 0.333. The highest BCUT2D eigenvalue weighted by Crippen LogP contribution is 2.12. The number of nitrogens with zero attached hydrogens (tertiary/aromatic N) is 1. The van der Waals surface area contributed by atoms with Crippen molar-refractivity contribution in [1.29, 1.82) is 0 Å². The van der Waals surface area contributed by atoms with Crippen LogP contribution in [0.5, 0.6) is 0 Å². The van der Waals surface area contributed by atoms with E-state index < -0.39 is 0 Å². The van der Waals surface area contributed by atoms with E-state index in [1.54, 1.807) is 24.0 Å². The van der Waals surface area contributed by atoms with Gasteiger partial charge in [0.15, 0.2) is 0 Å². The number of carbonyl (C=O) groups is 1. The highest BCUT2D eigenvalue weighted by Gasteiger charge is 2.00. The molecule has 0 saturated carbocycles. The van der Waals surface area contributed by atoms with Gasteiger partial charge in [-0.1, -0.05) is 19.6 Å². The molecule has 0 bridgehead atoms. The molecule has 0 aliphatic rings. The van der Waals surface area contributed by atoms with E-state index in [4.69, 9.17) is 0 Å². The van der Waals surface area contributed by atoms with Gasteiger partial charge in [-0.05, 0) is 17.7 Å². The molecule has 0 N–H and O–H groups in total. The quantitative estimate of drug-likeness (QED) is 0.739. The molecule has 15 heavy (non-hydrogen) atoms. The molecule has 1 aromatic heterocycles. The molecule has 0 atom stereocenters. The van der Waals surface area contributed by atoms with Gasteiger partial charge in [0, 0.05) is 18.4 Å². The lowest BCUT2D eigenvalue weighted by Crippen LogP contribution is -1.99. The van der Waals surface area contributed by atoms with Crippen LogP contribution >= 0.6 is 11.8 Å². The predicted molar refractivity (Wildman–Crippen MR) is 65.8 cm³/mol. The van der Waals surface area contributed by atoms with Crippen LogP contribution in [-0.4, -0.2) is 16.5 Å². The van der Waals surface area contributed by atoms with E-state index in [9.17, 15) is 4.79 Å². The molecule has 0 amide bonds. The van der Waals surface area contributed by atoms with Crippen molar-refractivity contribution in [3.05, 3.63) is 36.2 Å². The Labute approximate surface area is 94.8 Å². The fourth-order valence-corrected chi connectivity index (χ4v) is 1.98. The number of aromatic nitrogens is 1. The molecule has 0 fully saturated rings. The van der Waals surface area contributed by atoms with Gasteiger partial charge >= 0.3 is 0 Å². The first-order valence-electron chi connectivity index (χ1n) is 4.93. The summed E-state index contributed by atoms with van der Waals surface area (Å²) in [4.78, 5) is 15.3. The van der Waals surface area contributed by atoms with Crippen molar-refractivity contribution in [2.24, 2.45) is 0 Å². The fourth-order valence-electron chi connectivity index (χ4n) is 1.07. The third kappa shape index (κ3) is 4.30. The molecule has 0 unspecified atom stereocenters. The van der Waals surface area contributed by atoms with E-state index >= 15 is 0 Å². The van der Waals surface area contributed by atoms with Gasteiger partial charge in [-0.15, -0.1) is 11.8 Å². The molecule has 0 spiro atoms. The summed E-state index contributed by atoms with van der Waals surface area (Å²) in [6.45, 7) is 5.59. The van der Waals surface area contributed by atoms with Gasteiger partial charge in [0.25, 0.3) is 0 Å². The van der Waals surface area contributed by atoms with Crippen LogP contribution in [0.4, 0.5) is 0 Å². The Bertz CT molecular complexity index is 349. The van der Waals surface area contributed by atoms with Crippen molar-refractivity contribution in [2.45, 2.75) is 19.1 Å². The summed E-state index contributed by atoms with van der Waals surface area (Å²) in [7, 11) is 0. The number of carbonyl (C=O) groups excluding carboxylic acids is 1. The van der Waals surface area contributed by atoms with Crippen LogP contribution in [0.1, 0.15) is 24.6 Å². The van der Waals surface area contributed by atoms with Crippen LogP contribution in [0.25, 0.3) is 6.08 Å². The predicted octanol–water partition coefficient (Wildman–Crippen LogP) is 2.94. The standard InChI is InChI=1S/C12H15NOS/c1-3-10-5-6-13-11(7-10)8-15-9-12(14)4-2/h3,5-7H,1,4,8-9H2,2H3. The highest BCUT2D eigenvalue weighted by atomic mass is 32.2. The lowest BCUT2D eigenvalue weighted by molar-refractivity contribution is -0.116. The number of hydrogen-bond donors (Lipinski definition) is 0. The van der Waals surface area contributed by atoms with Crippen LogP contribution in [0.3, 0.4) is 0 Å². The smallest absolute Gasteiger partial charge is 0.142 e. The third-order valence-corrected chi connectivity index (χ3v) is 3.01. The van der Waals surface area contributed by atoms with Gasteiger partial charge in [0.1, 0.15) is 5.78 Å². The van der Waals surface area contributed by atoms with Crippen molar-refractivity contribution in [2.75, 3.05) is 5.75 Å². The minimum Gasteiger partial charge on any atom is -0.299 e. The van der Waals surface area contributed by atoms with Gasteiger partial charge in [0.05, 0.1) is 11.4 Å². The molecule has 0 aliphatic heterocycles. The Balaban J connectivity index is 2.43. The molecule has 0 saturated heterocycles. The van der Waals surface area contributed by atoms with Crippen molar-refractivity contribution in [1.82, 2.24) is 4.98 Å². The van der Waals surface area contributed by atoms with E-state index in [2.05, 4.69) is 11.6 Å². The lowest BCUT2D eigenvalue weighted by Gasteiger charge is -2.01. The minimum absolute atomic E-state index is 0.292. The monoisotopic (exact) mass is 221 g/mol. The zero-order valence-electron chi connectivity index (χ0n) is 8.90. The van der Waals surface area contributed by atoms with Gasteiger partial charge in [-0.25, -0.2) is 0 Å². The second-order valence-corrected chi connectivity index (χ2v) is 4.16. The molecular weight excluding hydrogens is 206 g/mol. The average molecular weight is 221 g/mol. The Morgan fingerprint density at radius 2 is 2.47 bits per heavy atom. The van der Waals surface area contributed by atoms with Gasteiger partial charge in [0.2, 0.25) is 0 Å². The molecule has 2 nitrogen and oxygen atoms in total. The Morgan fingerprint density at radius 3 is 3.13 bits per heavy atom. The van der Waals surface area contributed by atoms with Crippen LogP contribution < -0.4 is 0 Å². The van der Waals surface area contributed by atoms with E-state index in [-0.39, 0.29) is 0 Å². The first-order valence-corrected chi connectivity index (χ1v) is 6.08. The summed E-state index contributed by atoms with van der Waals surface area (Å²) in [5, 5.41) is 0. The second-order valence-electron chi connectivity index (χ2n) is 3.17. The molecular formula is C12H15NOS. The Morgan fingerprint density at radius 1 is 1.67 bits per heavy atom. The largest absolute Gasteiger partial charge is 0.299 e. The van der Waals surface area contributed by atoms with E-state index in [0.717, 1.165) is 17.0 Å². The average Bonchev–Trinajstić information content (AvgIpc) is 2.29. The summed E-state index contributed by atoms with van der Waals surface area (Å²) in [5.74, 6) is 1.66. The van der Waals surface area contributed by atoms with Gasteiger partial charge in [-0.2, -0.15) is 0 Å². The molecule has 1 aromatic rings. The van der Waals surface area contributed by atoms with E-state index in [1.165, 1.54) is 0 Å². The number of rotatable bonds is 6. The number of hydrogen-bond acceptors (Lipinski definition) is 3. The maximum Gasteiger partial charge on any atom is 0.142 e. The molecule has 0 aromatic carbocycles. The first kappa shape index (κ1) is 12.0. The lowest BCUT2D eigenvalue weighted by atomic mass is 10.2. The third-order valence-electron chi connectivity index (χ3n) is 1.98. The van der Waals surface area contributed by atoms with Crippen molar-refractivity contribution >= 4 is 23.6 Å². The molecule has 3 heteroatoms. The van der Waals surface area contributed by atoms with Crippen molar-refractivity contribution < 1.29 is 4.79 Å². The zero-order chi connectivity index (χ0) is 11.1. The van der Waals surface area contributed by atoms with Crippen LogP contribution in [0, 0.1) is 0 Å². The number of pyridine rings is 1. The van der Waals surface area contributed by atoms with Crippen molar-refractivity contribution in [3.63, 3.8) is 0 Å². The minimum atomic E-state index is 0.292. The first-order chi connectivity index (χ1) is 7.26. The van der Waals surface area contributed by atoms with Crippen LogP contribution in [0.15, 0.2) is 24.9 Å². The Kier molecular flexibility index (Phi) is 5.12. The molecule has 0 aliphatic carbocycles. The van der Waals surface area contributed by atoms with Crippen LogP contribution in [-0.2, 0) is 10.5 Å².